The molecule has 2 aromatic rings. The number of hydrogen-bond donors (Lipinski definition) is 3. The van der Waals surface area contributed by atoms with E-state index < -0.39 is 0 Å². The molecule has 1 aliphatic rings. The monoisotopic (exact) mass is 313 g/mol. The van der Waals surface area contributed by atoms with Crippen molar-refractivity contribution in [3.8, 4) is 0 Å². The number of rotatable bonds is 4. The summed E-state index contributed by atoms with van der Waals surface area (Å²) in [6.07, 6.45) is 3.84. The molecule has 0 bridgehead atoms. The lowest BCUT2D eigenvalue weighted by atomic mass is 9.95. The summed E-state index contributed by atoms with van der Waals surface area (Å²) in [6, 6.07) is 7.84. The van der Waals surface area contributed by atoms with Crippen LogP contribution >= 0.6 is 0 Å². The van der Waals surface area contributed by atoms with Crippen LogP contribution in [-0.4, -0.2) is 34.7 Å². The highest BCUT2D eigenvalue weighted by Crippen LogP contribution is 2.17. The summed E-state index contributed by atoms with van der Waals surface area (Å²) in [5, 5.41) is 12.7. The molecular weight excluding hydrogens is 294 g/mol. The molecule has 1 aromatic heterocycles. The lowest BCUT2D eigenvalue weighted by Crippen LogP contribution is -2.44. The van der Waals surface area contributed by atoms with Gasteiger partial charge in [0.15, 0.2) is 0 Å². The normalized spacial score (nSPS) is 16.5. The maximum absolute atomic E-state index is 12.4. The van der Waals surface area contributed by atoms with Crippen LogP contribution in [0.2, 0.25) is 0 Å². The van der Waals surface area contributed by atoms with Gasteiger partial charge < -0.3 is 16.0 Å². The summed E-state index contributed by atoms with van der Waals surface area (Å²) in [4.78, 5) is 23.7. The van der Waals surface area contributed by atoms with Crippen molar-refractivity contribution >= 4 is 17.5 Å². The summed E-state index contributed by atoms with van der Waals surface area (Å²) >= 11 is 0. The van der Waals surface area contributed by atoms with E-state index in [0.717, 1.165) is 0 Å². The van der Waals surface area contributed by atoms with E-state index in [1.165, 1.54) is 22.0 Å². The number of likely N-dealkylation sites (N-methyl/N-ethyl adjacent to an activating group) is 1. The molecule has 0 fully saturated rings. The Morgan fingerprint density at radius 3 is 2.91 bits per heavy atom. The van der Waals surface area contributed by atoms with Gasteiger partial charge in [-0.2, -0.15) is 5.10 Å². The van der Waals surface area contributed by atoms with E-state index >= 15 is 0 Å². The van der Waals surface area contributed by atoms with Crippen LogP contribution in [0, 0.1) is 0 Å². The smallest absolute Gasteiger partial charge is 0.241 e. The zero-order valence-corrected chi connectivity index (χ0v) is 12.9. The average molecular weight is 313 g/mol. The molecule has 1 atom stereocenters. The molecule has 2 amide bonds. The van der Waals surface area contributed by atoms with Crippen molar-refractivity contribution in [3.63, 3.8) is 0 Å². The molecule has 120 valence electrons. The highest BCUT2D eigenvalue weighted by molar-refractivity contribution is 5.95. The number of amides is 2. The fraction of sp³-hybridized carbons (Fsp3) is 0.312. The summed E-state index contributed by atoms with van der Waals surface area (Å²) < 4.78 is 1.48. The molecule has 1 unspecified atom stereocenters. The van der Waals surface area contributed by atoms with E-state index in [4.69, 9.17) is 0 Å². The van der Waals surface area contributed by atoms with Gasteiger partial charge in [0.05, 0.1) is 17.9 Å². The molecule has 1 aromatic carbocycles. The van der Waals surface area contributed by atoms with Gasteiger partial charge in [-0.1, -0.05) is 24.3 Å². The van der Waals surface area contributed by atoms with E-state index in [9.17, 15) is 9.59 Å². The lowest BCUT2D eigenvalue weighted by Gasteiger charge is -2.25. The van der Waals surface area contributed by atoms with Gasteiger partial charge in [0, 0.05) is 19.8 Å². The minimum Gasteiger partial charge on any atom is -0.358 e. The molecular formula is C16H19N5O2. The second-order valence-electron chi connectivity index (χ2n) is 5.50. The average Bonchev–Trinajstić information content (AvgIpc) is 3.01. The molecule has 3 rings (SSSR count). The number of aromatic nitrogens is 2. The SMILES string of the molecule is CNC(=O)Cn1cc(NC(=O)C2Cc3ccccc3CN2)cn1. The third-order valence-corrected chi connectivity index (χ3v) is 3.88. The summed E-state index contributed by atoms with van der Waals surface area (Å²) in [5.41, 5.74) is 3.01. The van der Waals surface area contributed by atoms with Crippen LogP contribution in [-0.2, 0) is 29.1 Å². The van der Waals surface area contributed by atoms with Crippen molar-refractivity contribution < 1.29 is 9.59 Å². The molecule has 2 heterocycles. The topological polar surface area (TPSA) is 88.0 Å². The van der Waals surface area contributed by atoms with Gasteiger partial charge in [-0.05, 0) is 17.5 Å². The highest BCUT2D eigenvalue weighted by atomic mass is 16.2. The number of hydrogen-bond acceptors (Lipinski definition) is 4. The van der Waals surface area contributed by atoms with E-state index in [-0.39, 0.29) is 24.4 Å². The predicted molar refractivity (Wildman–Crippen MR) is 85.7 cm³/mol. The van der Waals surface area contributed by atoms with E-state index in [2.05, 4.69) is 33.2 Å². The first kappa shape index (κ1) is 15.2. The van der Waals surface area contributed by atoms with E-state index in [0.29, 0.717) is 18.7 Å². The minimum absolute atomic E-state index is 0.0982. The van der Waals surface area contributed by atoms with Crippen molar-refractivity contribution in [1.29, 1.82) is 0 Å². The zero-order valence-electron chi connectivity index (χ0n) is 12.9. The number of carbonyl (C=O) groups excluding carboxylic acids is 2. The third kappa shape index (κ3) is 3.57. The van der Waals surface area contributed by atoms with E-state index in [1.807, 2.05) is 12.1 Å². The number of nitrogens with one attached hydrogen (secondary N) is 3. The second-order valence-corrected chi connectivity index (χ2v) is 5.50. The first-order valence-corrected chi connectivity index (χ1v) is 7.50. The summed E-state index contributed by atoms with van der Waals surface area (Å²) in [7, 11) is 1.57. The number of nitrogens with zero attached hydrogens (tertiary/aromatic N) is 2. The Morgan fingerprint density at radius 1 is 1.35 bits per heavy atom. The molecule has 1 aliphatic heterocycles. The largest absolute Gasteiger partial charge is 0.358 e. The quantitative estimate of drug-likeness (QED) is 0.757. The Balaban J connectivity index is 1.61. The van der Waals surface area contributed by atoms with Crippen LogP contribution in [0.4, 0.5) is 5.69 Å². The zero-order chi connectivity index (χ0) is 16.2. The van der Waals surface area contributed by atoms with Crippen LogP contribution in [0.1, 0.15) is 11.1 Å². The van der Waals surface area contributed by atoms with Gasteiger partial charge in [0.25, 0.3) is 0 Å². The third-order valence-electron chi connectivity index (χ3n) is 3.88. The number of carbonyl (C=O) groups is 2. The van der Waals surface area contributed by atoms with Gasteiger partial charge >= 0.3 is 0 Å². The maximum atomic E-state index is 12.4. The summed E-state index contributed by atoms with van der Waals surface area (Å²) in [5.74, 6) is -0.240. The van der Waals surface area contributed by atoms with Gasteiger partial charge in [0.2, 0.25) is 11.8 Å². The van der Waals surface area contributed by atoms with Crippen LogP contribution in [0.25, 0.3) is 0 Å². The van der Waals surface area contributed by atoms with Crippen molar-refractivity contribution in [3.05, 3.63) is 47.8 Å². The standard InChI is InChI=1S/C16H19N5O2/c1-17-15(22)10-21-9-13(8-19-21)20-16(23)14-6-11-4-2-3-5-12(11)7-18-14/h2-5,8-9,14,18H,6-7,10H2,1H3,(H,17,22)(H,20,23). The number of anilines is 1. The number of fused-ring (bicyclic) bond motifs is 1. The van der Waals surface area contributed by atoms with Gasteiger partial charge in [0.1, 0.15) is 6.54 Å². The van der Waals surface area contributed by atoms with Crippen molar-refractivity contribution in [2.45, 2.75) is 25.6 Å². The Kier molecular flexibility index (Phi) is 4.38. The molecule has 3 N–H and O–H groups in total. The molecule has 0 saturated heterocycles. The van der Waals surface area contributed by atoms with Crippen molar-refractivity contribution in [2.24, 2.45) is 0 Å². The minimum atomic E-state index is -0.271. The Hall–Kier alpha value is -2.67. The van der Waals surface area contributed by atoms with Crippen LogP contribution in [0.15, 0.2) is 36.7 Å². The Bertz CT molecular complexity index is 725. The molecule has 7 heteroatoms. The molecule has 0 radical (unpaired) electrons. The van der Waals surface area contributed by atoms with Crippen molar-refractivity contribution in [1.82, 2.24) is 20.4 Å². The van der Waals surface area contributed by atoms with Crippen molar-refractivity contribution in [2.75, 3.05) is 12.4 Å². The molecule has 0 spiro atoms. The second kappa shape index (κ2) is 6.62. The molecule has 7 nitrogen and oxygen atoms in total. The fourth-order valence-electron chi connectivity index (χ4n) is 2.61. The predicted octanol–water partition coefficient (Wildman–Crippen LogP) is 0.282. The van der Waals surface area contributed by atoms with Gasteiger partial charge in [-0.15, -0.1) is 0 Å². The lowest BCUT2D eigenvalue weighted by molar-refractivity contribution is -0.121. The van der Waals surface area contributed by atoms with Gasteiger partial charge in [-0.3, -0.25) is 14.3 Å². The fourth-order valence-corrected chi connectivity index (χ4v) is 2.61. The van der Waals surface area contributed by atoms with Crippen LogP contribution in [0.5, 0.6) is 0 Å². The highest BCUT2D eigenvalue weighted by Gasteiger charge is 2.24. The van der Waals surface area contributed by atoms with E-state index in [1.54, 1.807) is 13.2 Å². The first-order valence-electron chi connectivity index (χ1n) is 7.50. The Morgan fingerprint density at radius 2 is 2.13 bits per heavy atom. The van der Waals surface area contributed by atoms with Crippen LogP contribution in [0.3, 0.4) is 0 Å². The molecule has 0 aliphatic carbocycles. The summed E-state index contributed by atoms with van der Waals surface area (Å²) in [6.45, 7) is 0.811. The first-order chi connectivity index (χ1) is 11.2. The Labute approximate surface area is 134 Å². The van der Waals surface area contributed by atoms with Crippen LogP contribution < -0.4 is 16.0 Å². The maximum Gasteiger partial charge on any atom is 0.241 e. The molecule has 0 saturated carbocycles. The van der Waals surface area contributed by atoms with Gasteiger partial charge in [-0.25, -0.2) is 0 Å². The molecule has 23 heavy (non-hydrogen) atoms. The number of benzene rings is 1.